The van der Waals surface area contributed by atoms with E-state index in [0.717, 1.165) is 21.8 Å². The summed E-state index contributed by atoms with van der Waals surface area (Å²) in [7, 11) is 0. The van der Waals surface area contributed by atoms with Crippen molar-refractivity contribution in [1.82, 2.24) is 4.98 Å². The van der Waals surface area contributed by atoms with E-state index in [-0.39, 0.29) is 24.8 Å². The summed E-state index contributed by atoms with van der Waals surface area (Å²) in [5.74, 6) is 0. The van der Waals surface area contributed by atoms with Crippen LogP contribution in [0.4, 0.5) is 0 Å². The zero-order valence-corrected chi connectivity index (χ0v) is 11.3. The van der Waals surface area contributed by atoms with Crippen LogP contribution < -0.4 is 5.73 Å². The van der Waals surface area contributed by atoms with E-state index in [1.54, 1.807) is 11.3 Å². The second-order valence-corrected chi connectivity index (χ2v) is 4.22. The molecule has 2 rings (SSSR count). The van der Waals surface area contributed by atoms with Crippen LogP contribution in [0.3, 0.4) is 0 Å². The van der Waals surface area contributed by atoms with Crippen molar-refractivity contribution in [3.8, 4) is 11.3 Å². The monoisotopic (exact) mass is 276 g/mol. The highest BCUT2D eigenvalue weighted by atomic mass is 35.5. The Morgan fingerprint density at radius 3 is 2.25 bits per heavy atom. The Labute approximate surface area is 112 Å². The summed E-state index contributed by atoms with van der Waals surface area (Å²) < 4.78 is 0. The molecule has 0 aliphatic heterocycles. The number of nitrogens with two attached hydrogens (primary N) is 1. The number of hydrogen-bond donors (Lipinski definition) is 1. The normalized spacial score (nSPS) is 9.12. The van der Waals surface area contributed by atoms with Crippen LogP contribution >= 0.6 is 36.2 Å². The number of nitrogens with zero attached hydrogens (tertiary/aromatic N) is 1. The Balaban J connectivity index is 0.00000112. The van der Waals surface area contributed by atoms with Crippen LogP contribution in [0.2, 0.25) is 0 Å². The fraction of sp³-hybridized carbons (Fsp3) is 0.182. The van der Waals surface area contributed by atoms with Crippen LogP contribution in [-0.4, -0.2) is 4.98 Å². The first-order valence-electron chi connectivity index (χ1n) is 4.51. The van der Waals surface area contributed by atoms with Crippen LogP contribution in [0.15, 0.2) is 29.6 Å². The average Bonchev–Trinajstić information content (AvgIpc) is 2.65. The van der Waals surface area contributed by atoms with E-state index >= 15 is 0 Å². The van der Waals surface area contributed by atoms with Crippen molar-refractivity contribution in [3.63, 3.8) is 0 Å². The Kier molecular flexibility index (Phi) is 6.60. The fourth-order valence-electron chi connectivity index (χ4n) is 1.31. The fourth-order valence-corrected chi connectivity index (χ4v) is 1.93. The van der Waals surface area contributed by atoms with Crippen molar-refractivity contribution in [1.29, 1.82) is 0 Å². The van der Waals surface area contributed by atoms with Gasteiger partial charge in [-0.15, -0.1) is 36.2 Å². The van der Waals surface area contributed by atoms with Gasteiger partial charge in [0.1, 0.15) is 0 Å². The van der Waals surface area contributed by atoms with Crippen LogP contribution in [0.1, 0.15) is 10.6 Å². The maximum absolute atomic E-state index is 5.53. The molecular weight excluding hydrogens is 263 g/mol. The largest absolute Gasteiger partial charge is 0.326 e. The predicted octanol–water partition coefficient (Wildman–Crippen LogP) is 3.42. The molecule has 5 heteroatoms. The molecule has 1 aromatic carbocycles. The van der Waals surface area contributed by atoms with Crippen LogP contribution in [0.25, 0.3) is 11.3 Å². The van der Waals surface area contributed by atoms with Crippen molar-refractivity contribution in [2.24, 2.45) is 5.73 Å². The third-order valence-electron chi connectivity index (χ3n) is 2.10. The predicted molar refractivity (Wildman–Crippen MR) is 74.7 cm³/mol. The van der Waals surface area contributed by atoms with E-state index < -0.39 is 0 Å². The molecule has 0 amide bonds. The number of thiazole rings is 1. The Morgan fingerprint density at radius 1 is 1.19 bits per heavy atom. The molecule has 2 N–H and O–H groups in total. The zero-order valence-electron chi connectivity index (χ0n) is 8.84. The van der Waals surface area contributed by atoms with Gasteiger partial charge in [-0.3, -0.25) is 0 Å². The molecule has 1 heterocycles. The first-order chi connectivity index (χ1) is 6.79. The van der Waals surface area contributed by atoms with Crippen LogP contribution in [0.5, 0.6) is 0 Å². The van der Waals surface area contributed by atoms with Gasteiger partial charge < -0.3 is 5.73 Å². The molecule has 16 heavy (non-hydrogen) atoms. The number of halogens is 2. The van der Waals surface area contributed by atoms with E-state index in [1.165, 1.54) is 0 Å². The van der Waals surface area contributed by atoms with Gasteiger partial charge in [0.15, 0.2) is 0 Å². The summed E-state index contributed by atoms with van der Waals surface area (Å²) in [6, 6.07) is 8.22. The topological polar surface area (TPSA) is 38.9 Å². The number of aryl methyl sites for hydroxylation is 1. The standard InChI is InChI=1S/C11H12N2S.2ClH/c1-8-13-11(7-14-8)10-4-2-9(6-12)3-5-10;;/h2-5,7H,6,12H2,1H3;2*1H. The number of hydrogen-bond acceptors (Lipinski definition) is 3. The molecule has 0 atom stereocenters. The zero-order chi connectivity index (χ0) is 9.97. The quantitative estimate of drug-likeness (QED) is 0.913. The van der Waals surface area contributed by atoms with Gasteiger partial charge in [0.2, 0.25) is 0 Å². The Bertz CT molecular complexity index is 426. The summed E-state index contributed by atoms with van der Waals surface area (Å²) in [4.78, 5) is 4.42. The van der Waals surface area contributed by atoms with Gasteiger partial charge in [-0.1, -0.05) is 24.3 Å². The second-order valence-electron chi connectivity index (χ2n) is 3.15. The molecular formula is C11H14Cl2N2S. The minimum absolute atomic E-state index is 0. The lowest BCUT2D eigenvalue weighted by Gasteiger charge is -1.98. The first-order valence-corrected chi connectivity index (χ1v) is 5.39. The highest BCUT2D eigenvalue weighted by Gasteiger charge is 2.00. The maximum Gasteiger partial charge on any atom is 0.0901 e. The third-order valence-corrected chi connectivity index (χ3v) is 2.88. The lowest BCUT2D eigenvalue weighted by atomic mass is 10.1. The van der Waals surface area contributed by atoms with Crippen molar-refractivity contribution in [3.05, 3.63) is 40.2 Å². The molecule has 0 aliphatic carbocycles. The summed E-state index contributed by atoms with van der Waals surface area (Å²) in [5.41, 5.74) is 8.89. The summed E-state index contributed by atoms with van der Waals surface area (Å²) in [6.07, 6.45) is 0. The smallest absolute Gasteiger partial charge is 0.0901 e. The van der Waals surface area contributed by atoms with Gasteiger partial charge in [-0.25, -0.2) is 4.98 Å². The van der Waals surface area contributed by atoms with Crippen molar-refractivity contribution in [2.45, 2.75) is 13.5 Å². The minimum Gasteiger partial charge on any atom is -0.326 e. The number of benzene rings is 1. The van der Waals surface area contributed by atoms with E-state index in [4.69, 9.17) is 5.73 Å². The second kappa shape index (κ2) is 6.86. The van der Waals surface area contributed by atoms with E-state index in [0.29, 0.717) is 6.54 Å². The van der Waals surface area contributed by atoms with E-state index in [2.05, 4.69) is 22.5 Å². The van der Waals surface area contributed by atoms with Crippen molar-refractivity contribution in [2.75, 3.05) is 0 Å². The first kappa shape index (κ1) is 15.4. The molecule has 0 bridgehead atoms. The summed E-state index contributed by atoms with van der Waals surface area (Å²) in [6.45, 7) is 2.61. The van der Waals surface area contributed by atoms with E-state index in [1.807, 2.05) is 19.1 Å². The van der Waals surface area contributed by atoms with E-state index in [9.17, 15) is 0 Å². The third kappa shape index (κ3) is 3.46. The molecule has 0 radical (unpaired) electrons. The molecule has 1 aromatic heterocycles. The Morgan fingerprint density at radius 2 is 1.81 bits per heavy atom. The molecule has 0 spiro atoms. The molecule has 0 unspecified atom stereocenters. The molecule has 2 nitrogen and oxygen atoms in total. The molecule has 0 saturated carbocycles. The molecule has 0 fully saturated rings. The SMILES string of the molecule is Cc1nc(-c2ccc(CN)cc2)cs1.Cl.Cl. The minimum atomic E-state index is 0. The summed E-state index contributed by atoms with van der Waals surface area (Å²) in [5, 5.41) is 3.18. The highest BCUT2D eigenvalue weighted by Crippen LogP contribution is 2.21. The average molecular weight is 277 g/mol. The van der Waals surface area contributed by atoms with Gasteiger partial charge in [-0.2, -0.15) is 0 Å². The highest BCUT2D eigenvalue weighted by molar-refractivity contribution is 7.09. The van der Waals surface area contributed by atoms with Gasteiger partial charge in [-0.05, 0) is 12.5 Å². The van der Waals surface area contributed by atoms with Crippen molar-refractivity contribution >= 4 is 36.2 Å². The van der Waals surface area contributed by atoms with Gasteiger partial charge in [0.05, 0.1) is 10.7 Å². The van der Waals surface area contributed by atoms with Crippen LogP contribution in [-0.2, 0) is 6.54 Å². The van der Waals surface area contributed by atoms with Gasteiger partial charge in [0.25, 0.3) is 0 Å². The van der Waals surface area contributed by atoms with Crippen LogP contribution in [0, 0.1) is 6.92 Å². The van der Waals surface area contributed by atoms with Crippen molar-refractivity contribution < 1.29 is 0 Å². The van der Waals surface area contributed by atoms with Gasteiger partial charge in [0, 0.05) is 17.5 Å². The molecule has 0 saturated heterocycles. The number of aromatic nitrogens is 1. The molecule has 2 aromatic rings. The lowest BCUT2D eigenvalue weighted by Crippen LogP contribution is -1.95. The molecule has 88 valence electrons. The molecule has 0 aliphatic rings. The Hall–Kier alpha value is -0.610. The maximum atomic E-state index is 5.53. The summed E-state index contributed by atoms with van der Waals surface area (Å²) >= 11 is 1.67. The van der Waals surface area contributed by atoms with Gasteiger partial charge >= 0.3 is 0 Å². The lowest BCUT2D eigenvalue weighted by molar-refractivity contribution is 1.07. The number of rotatable bonds is 2.